The predicted molar refractivity (Wildman–Crippen MR) is 94.7 cm³/mol. The minimum absolute atomic E-state index is 0.340. The van der Waals surface area contributed by atoms with Crippen molar-refractivity contribution >= 4 is 22.1 Å². The van der Waals surface area contributed by atoms with E-state index in [-0.39, 0.29) is 6.54 Å². The van der Waals surface area contributed by atoms with Gasteiger partial charge in [0.15, 0.2) is 0 Å². The lowest BCUT2D eigenvalue weighted by Gasteiger charge is -2.20. The summed E-state index contributed by atoms with van der Waals surface area (Å²) in [7, 11) is -3.66. The molecule has 1 aromatic carbocycles. The van der Waals surface area contributed by atoms with Crippen molar-refractivity contribution in [3.05, 3.63) is 40.8 Å². The van der Waals surface area contributed by atoms with Crippen LogP contribution in [0.15, 0.2) is 29.7 Å². The maximum Gasteiger partial charge on any atom is 0.321 e. The Morgan fingerprint density at radius 1 is 1.21 bits per heavy atom. The number of rotatable bonds is 7. The number of sulfonamides is 1. The number of hydrogen-bond acceptors (Lipinski definition) is 4. The van der Waals surface area contributed by atoms with E-state index in [2.05, 4.69) is 4.72 Å². The molecule has 1 fully saturated rings. The van der Waals surface area contributed by atoms with Gasteiger partial charge in [-0.05, 0) is 37.3 Å². The first-order valence-corrected chi connectivity index (χ1v) is 9.89. The quantitative estimate of drug-likeness (QED) is 0.767. The van der Waals surface area contributed by atoms with Crippen LogP contribution in [0, 0.1) is 12.8 Å². The zero-order chi connectivity index (χ0) is 17.4. The number of benzene rings is 1. The van der Waals surface area contributed by atoms with Crippen LogP contribution in [-0.4, -0.2) is 27.5 Å². The molecule has 0 saturated heterocycles. The molecule has 0 aliphatic heterocycles. The molecule has 0 unspecified atom stereocenters. The van der Waals surface area contributed by atoms with Crippen LogP contribution in [0.5, 0.6) is 0 Å². The van der Waals surface area contributed by atoms with Gasteiger partial charge in [0.1, 0.15) is 6.54 Å². The van der Waals surface area contributed by atoms with Crippen LogP contribution in [0.3, 0.4) is 0 Å². The third-order valence-corrected chi connectivity index (χ3v) is 5.18. The van der Waals surface area contributed by atoms with Crippen LogP contribution in [-0.2, 0) is 19.6 Å². The van der Waals surface area contributed by atoms with E-state index < -0.39 is 16.0 Å². The molecule has 0 spiro atoms. The van der Waals surface area contributed by atoms with E-state index in [0.717, 1.165) is 29.4 Å². The van der Waals surface area contributed by atoms with Crippen molar-refractivity contribution in [3.63, 3.8) is 0 Å². The largest absolute Gasteiger partial charge is 0.464 e. The number of carbonyl (C=O) groups excluding carboxylic acids is 1. The lowest BCUT2D eigenvalue weighted by Crippen LogP contribution is -2.30. The summed E-state index contributed by atoms with van der Waals surface area (Å²) < 4.78 is 31.2. The van der Waals surface area contributed by atoms with Gasteiger partial charge >= 0.3 is 5.97 Å². The third-order valence-electron chi connectivity index (χ3n) is 4.14. The Hall–Kier alpha value is -1.66. The van der Waals surface area contributed by atoms with E-state index in [1.807, 2.05) is 31.2 Å². The number of esters is 1. The minimum Gasteiger partial charge on any atom is -0.464 e. The Labute approximate surface area is 144 Å². The highest BCUT2D eigenvalue weighted by atomic mass is 32.2. The molecule has 1 saturated carbocycles. The molecule has 1 aromatic rings. The third kappa shape index (κ3) is 6.84. The second kappa shape index (κ2) is 8.99. The summed E-state index contributed by atoms with van der Waals surface area (Å²) in [5.74, 6) is -0.117. The molecule has 1 N–H and O–H groups in total. The molecule has 0 aromatic heterocycles. The molecule has 6 heteroatoms. The van der Waals surface area contributed by atoms with Gasteiger partial charge in [0.05, 0.1) is 6.61 Å². The van der Waals surface area contributed by atoms with Gasteiger partial charge in [-0.25, -0.2) is 13.1 Å². The highest BCUT2D eigenvalue weighted by molar-refractivity contribution is 7.92. The fourth-order valence-electron chi connectivity index (χ4n) is 2.67. The van der Waals surface area contributed by atoms with E-state index in [4.69, 9.17) is 4.74 Å². The van der Waals surface area contributed by atoms with Crippen LogP contribution < -0.4 is 4.72 Å². The first-order chi connectivity index (χ1) is 11.4. The first kappa shape index (κ1) is 18.7. The molecule has 24 heavy (non-hydrogen) atoms. The van der Waals surface area contributed by atoms with Gasteiger partial charge in [0, 0.05) is 5.41 Å². The molecule has 132 valence electrons. The predicted octanol–water partition coefficient (Wildman–Crippen LogP) is 3.01. The Kier molecular flexibility index (Phi) is 6.99. The van der Waals surface area contributed by atoms with Crippen LogP contribution >= 0.6 is 0 Å². The van der Waals surface area contributed by atoms with Crippen molar-refractivity contribution in [2.24, 2.45) is 5.92 Å². The van der Waals surface area contributed by atoms with Crippen molar-refractivity contribution < 1.29 is 17.9 Å². The van der Waals surface area contributed by atoms with Crippen LogP contribution in [0.4, 0.5) is 0 Å². The number of ether oxygens (including phenoxy) is 1. The Bertz CT molecular complexity index is 659. The summed E-state index contributed by atoms with van der Waals surface area (Å²) >= 11 is 0. The smallest absolute Gasteiger partial charge is 0.321 e. The summed E-state index contributed by atoms with van der Waals surface area (Å²) in [6.07, 6.45) is 7.26. The molecular formula is C18H25NO4S. The molecule has 0 heterocycles. The van der Waals surface area contributed by atoms with Gasteiger partial charge in [-0.2, -0.15) is 0 Å². The lowest BCUT2D eigenvalue weighted by atomic mass is 9.90. The van der Waals surface area contributed by atoms with Crippen LogP contribution in [0.25, 0.3) is 6.08 Å². The molecule has 0 amide bonds. The molecule has 2 rings (SSSR count). The van der Waals surface area contributed by atoms with Crippen molar-refractivity contribution in [1.29, 1.82) is 0 Å². The topological polar surface area (TPSA) is 72.5 Å². The Morgan fingerprint density at radius 2 is 1.88 bits per heavy atom. The van der Waals surface area contributed by atoms with Crippen molar-refractivity contribution in [1.82, 2.24) is 4.72 Å². The van der Waals surface area contributed by atoms with E-state index in [9.17, 15) is 13.2 Å². The van der Waals surface area contributed by atoms with Crippen LogP contribution in [0.2, 0.25) is 0 Å². The number of aryl methyl sites for hydroxylation is 1. The van der Waals surface area contributed by atoms with Crippen molar-refractivity contribution in [3.8, 4) is 0 Å². The van der Waals surface area contributed by atoms with Crippen LogP contribution in [0.1, 0.15) is 43.2 Å². The molecular weight excluding hydrogens is 326 g/mol. The lowest BCUT2D eigenvalue weighted by molar-refractivity contribution is -0.143. The molecule has 1 aliphatic rings. The average molecular weight is 351 g/mol. The average Bonchev–Trinajstić information content (AvgIpc) is 2.59. The second-order valence-electron chi connectivity index (χ2n) is 6.27. The maximum atomic E-state index is 11.9. The van der Waals surface area contributed by atoms with Gasteiger partial charge in [-0.1, -0.05) is 49.1 Å². The van der Waals surface area contributed by atoms with Gasteiger partial charge < -0.3 is 4.74 Å². The Morgan fingerprint density at radius 3 is 2.54 bits per heavy atom. The fourth-order valence-corrected chi connectivity index (χ4v) is 3.42. The van der Waals surface area contributed by atoms with Gasteiger partial charge in [-0.3, -0.25) is 4.79 Å². The maximum absolute atomic E-state index is 11.9. The summed E-state index contributed by atoms with van der Waals surface area (Å²) in [5.41, 5.74) is 1.89. The number of nitrogens with one attached hydrogen (secondary N) is 1. The van der Waals surface area contributed by atoms with E-state index in [0.29, 0.717) is 12.5 Å². The van der Waals surface area contributed by atoms with E-state index in [1.54, 1.807) is 0 Å². The highest BCUT2D eigenvalue weighted by Crippen LogP contribution is 2.23. The standard InChI is InChI=1S/C18H25NO4S/c1-15-7-9-16(10-8-15)11-12-24(21,22)19-13-18(20)23-14-17-5-3-2-4-6-17/h7-12,17,19H,2-6,13-14H2,1H3/b12-11+. The molecule has 0 bridgehead atoms. The zero-order valence-electron chi connectivity index (χ0n) is 14.0. The SMILES string of the molecule is Cc1ccc(/C=C/S(=O)(=O)NCC(=O)OCC2CCCCC2)cc1. The zero-order valence-corrected chi connectivity index (χ0v) is 14.8. The van der Waals surface area contributed by atoms with E-state index in [1.165, 1.54) is 25.3 Å². The molecule has 5 nitrogen and oxygen atoms in total. The number of hydrogen-bond donors (Lipinski definition) is 1. The summed E-state index contributed by atoms with van der Waals surface area (Å²) in [4.78, 5) is 11.7. The van der Waals surface area contributed by atoms with Crippen molar-refractivity contribution in [2.45, 2.75) is 39.0 Å². The summed E-state index contributed by atoms with van der Waals surface area (Å²) in [5, 5.41) is 1.06. The van der Waals surface area contributed by atoms with Gasteiger partial charge in [0.2, 0.25) is 10.0 Å². The monoisotopic (exact) mass is 351 g/mol. The molecule has 0 atom stereocenters. The molecule has 0 radical (unpaired) electrons. The number of carbonyl (C=O) groups is 1. The fraction of sp³-hybridized carbons (Fsp3) is 0.500. The molecule has 1 aliphatic carbocycles. The Balaban J connectivity index is 1.74. The minimum atomic E-state index is -3.66. The van der Waals surface area contributed by atoms with E-state index >= 15 is 0 Å². The summed E-state index contributed by atoms with van der Waals surface area (Å²) in [6.45, 7) is 2.01. The second-order valence-corrected chi connectivity index (χ2v) is 7.92. The van der Waals surface area contributed by atoms with Gasteiger partial charge in [-0.15, -0.1) is 0 Å². The highest BCUT2D eigenvalue weighted by Gasteiger charge is 2.16. The normalized spacial score (nSPS) is 16.4. The van der Waals surface area contributed by atoms with Crippen molar-refractivity contribution in [2.75, 3.05) is 13.2 Å². The first-order valence-electron chi connectivity index (χ1n) is 8.35. The van der Waals surface area contributed by atoms with Gasteiger partial charge in [0.25, 0.3) is 0 Å². The summed E-state index contributed by atoms with van der Waals surface area (Å²) in [6, 6.07) is 7.48.